The molecule has 2 N–H and O–H groups in total. The van der Waals surface area contributed by atoms with Gasteiger partial charge in [0.1, 0.15) is 5.75 Å². The van der Waals surface area contributed by atoms with Crippen LogP contribution in [0.15, 0.2) is 29.3 Å². The molecule has 0 amide bonds. The number of nitrogens with one attached hydrogen (secondary N) is 2. The Hall–Kier alpha value is -1.79. The highest BCUT2D eigenvalue weighted by atomic mass is 16.5. The van der Waals surface area contributed by atoms with Crippen LogP contribution in [0.5, 0.6) is 5.75 Å². The highest BCUT2D eigenvalue weighted by molar-refractivity contribution is 5.79. The van der Waals surface area contributed by atoms with Gasteiger partial charge in [-0.15, -0.1) is 0 Å². The number of methoxy groups -OCH3 is 2. The highest BCUT2D eigenvalue weighted by Gasteiger charge is 2.24. The first-order valence-corrected chi connectivity index (χ1v) is 9.37. The lowest BCUT2D eigenvalue weighted by atomic mass is 10.1. The minimum Gasteiger partial charge on any atom is -0.497 e. The van der Waals surface area contributed by atoms with Crippen molar-refractivity contribution < 1.29 is 9.47 Å². The summed E-state index contributed by atoms with van der Waals surface area (Å²) in [6.07, 6.45) is 2.52. The number of rotatable bonds is 8. The minimum atomic E-state index is -0.237. The number of nitrogens with zero attached hydrogens (tertiary/aromatic N) is 2. The largest absolute Gasteiger partial charge is 0.497 e. The Kier molecular flexibility index (Phi) is 7.72. The molecule has 0 saturated carbocycles. The maximum Gasteiger partial charge on any atom is 0.191 e. The second-order valence-corrected chi connectivity index (χ2v) is 7.31. The van der Waals surface area contributed by atoms with Gasteiger partial charge in [0.05, 0.1) is 18.8 Å². The van der Waals surface area contributed by atoms with Crippen LogP contribution < -0.4 is 15.4 Å². The van der Waals surface area contributed by atoms with Crippen molar-refractivity contribution >= 4 is 5.96 Å². The van der Waals surface area contributed by atoms with Crippen LogP contribution in [0.3, 0.4) is 0 Å². The van der Waals surface area contributed by atoms with Gasteiger partial charge in [0.2, 0.25) is 0 Å². The molecule has 0 aromatic heterocycles. The molecule has 26 heavy (non-hydrogen) atoms. The number of ether oxygens (including phenoxy) is 2. The molecular formula is C20H34N4O2. The molecule has 0 radical (unpaired) electrons. The highest BCUT2D eigenvalue weighted by Crippen LogP contribution is 2.27. The second kappa shape index (κ2) is 9.78. The lowest BCUT2D eigenvalue weighted by Crippen LogP contribution is -2.47. The van der Waals surface area contributed by atoms with Crippen LogP contribution in [-0.2, 0) is 4.74 Å². The summed E-state index contributed by atoms with van der Waals surface area (Å²) in [5, 5.41) is 6.83. The monoisotopic (exact) mass is 362 g/mol. The summed E-state index contributed by atoms with van der Waals surface area (Å²) in [6, 6.07) is 8.66. The van der Waals surface area contributed by atoms with Crippen LogP contribution in [0.25, 0.3) is 0 Å². The van der Waals surface area contributed by atoms with Crippen molar-refractivity contribution in [2.24, 2.45) is 4.99 Å². The van der Waals surface area contributed by atoms with Crippen molar-refractivity contribution in [2.75, 3.05) is 47.4 Å². The number of benzene rings is 1. The molecule has 0 aliphatic carbocycles. The fraction of sp³-hybridized carbons (Fsp3) is 0.650. The molecule has 146 valence electrons. The van der Waals surface area contributed by atoms with Gasteiger partial charge in [0.15, 0.2) is 5.96 Å². The van der Waals surface area contributed by atoms with Gasteiger partial charge in [0.25, 0.3) is 0 Å². The molecule has 1 fully saturated rings. The molecule has 1 saturated heterocycles. The van der Waals surface area contributed by atoms with E-state index in [-0.39, 0.29) is 5.60 Å². The third-order valence-electron chi connectivity index (χ3n) is 4.98. The number of hydrogen-bond acceptors (Lipinski definition) is 4. The third-order valence-corrected chi connectivity index (χ3v) is 4.98. The number of guanidine groups is 1. The van der Waals surface area contributed by atoms with Crippen LogP contribution in [0.4, 0.5) is 0 Å². The Bertz CT molecular complexity index is 583. The normalized spacial score (nSPS) is 17.2. The Labute approximate surface area is 158 Å². The van der Waals surface area contributed by atoms with Crippen molar-refractivity contribution in [3.63, 3.8) is 0 Å². The topological polar surface area (TPSA) is 58.1 Å². The zero-order valence-corrected chi connectivity index (χ0v) is 16.8. The van der Waals surface area contributed by atoms with Crippen molar-refractivity contribution in [3.8, 4) is 5.75 Å². The van der Waals surface area contributed by atoms with E-state index in [1.807, 2.05) is 6.07 Å². The SMILES string of the molecule is CN=C(NCC(c1cccc(OC)c1)N1CCCC1)NCC(C)(C)OC. The number of aliphatic imine (C=N–C) groups is 1. The predicted octanol–water partition coefficient (Wildman–Crippen LogP) is 2.42. The van der Waals surface area contributed by atoms with Gasteiger partial charge in [-0.3, -0.25) is 9.89 Å². The number of likely N-dealkylation sites (tertiary alicyclic amines) is 1. The molecule has 1 unspecified atom stereocenters. The zero-order valence-electron chi connectivity index (χ0n) is 16.8. The van der Waals surface area contributed by atoms with E-state index in [0.29, 0.717) is 12.6 Å². The summed E-state index contributed by atoms with van der Waals surface area (Å²) in [4.78, 5) is 6.88. The first-order chi connectivity index (χ1) is 12.5. The Balaban J connectivity index is 2.04. The Morgan fingerprint density at radius 1 is 1.23 bits per heavy atom. The molecular weight excluding hydrogens is 328 g/mol. The van der Waals surface area contributed by atoms with E-state index in [0.717, 1.165) is 31.3 Å². The maximum atomic E-state index is 5.47. The summed E-state index contributed by atoms with van der Waals surface area (Å²) in [6.45, 7) is 7.85. The molecule has 1 heterocycles. The second-order valence-electron chi connectivity index (χ2n) is 7.31. The first kappa shape index (κ1) is 20.5. The average Bonchev–Trinajstić information content (AvgIpc) is 3.19. The molecule has 6 heteroatoms. The first-order valence-electron chi connectivity index (χ1n) is 9.37. The smallest absolute Gasteiger partial charge is 0.191 e. The molecule has 0 bridgehead atoms. The van der Waals surface area contributed by atoms with Crippen LogP contribution >= 0.6 is 0 Å². The zero-order chi connectivity index (χ0) is 19.0. The molecule has 6 nitrogen and oxygen atoms in total. The maximum absolute atomic E-state index is 5.47. The molecule has 1 atom stereocenters. The minimum absolute atomic E-state index is 0.237. The lowest BCUT2D eigenvalue weighted by Gasteiger charge is -2.30. The van der Waals surface area contributed by atoms with E-state index in [1.54, 1.807) is 21.3 Å². The third kappa shape index (κ3) is 5.88. The van der Waals surface area contributed by atoms with Crippen molar-refractivity contribution in [3.05, 3.63) is 29.8 Å². The summed E-state index contributed by atoms with van der Waals surface area (Å²) in [5.41, 5.74) is 1.03. The van der Waals surface area contributed by atoms with Crippen molar-refractivity contribution in [1.82, 2.24) is 15.5 Å². The fourth-order valence-corrected chi connectivity index (χ4v) is 3.14. The molecule has 1 aromatic rings. The molecule has 1 aliphatic heterocycles. The van der Waals surface area contributed by atoms with Gasteiger partial charge in [-0.1, -0.05) is 12.1 Å². The standard InChI is InChI=1S/C20H34N4O2/c1-20(2,26-5)15-23-19(21-3)22-14-18(24-11-6-7-12-24)16-9-8-10-17(13-16)25-4/h8-10,13,18H,6-7,11-12,14-15H2,1-5H3,(H2,21,22,23). The molecule has 1 aliphatic rings. The van der Waals surface area contributed by atoms with Crippen molar-refractivity contribution in [2.45, 2.75) is 38.3 Å². The van der Waals surface area contributed by atoms with Crippen LogP contribution in [0.1, 0.15) is 38.3 Å². The Morgan fingerprint density at radius 3 is 2.58 bits per heavy atom. The van der Waals surface area contributed by atoms with E-state index in [1.165, 1.54) is 18.4 Å². The molecule has 0 spiro atoms. The van der Waals surface area contributed by atoms with Crippen LogP contribution in [-0.4, -0.2) is 63.9 Å². The number of hydrogen-bond donors (Lipinski definition) is 2. The van der Waals surface area contributed by atoms with Gasteiger partial charge in [-0.25, -0.2) is 0 Å². The van der Waals surface area contributed by atoms with Crippen molar-refractivity contribution in [1.29, 1.82) is 0 Å². The van der Waals surface area contributed by atoms with Gasteiger partial charge in [-0.2, -0.15) is 0 Å². The fourth-order valence-electron chi connectivity index (χ4n) is 3.14. The summed E-state index contributed by atoms with van der Waals surface area (Å²) >= 11 is 0. The van der Waals surface area contributed by atoms with Gasteiger partial charge >= 0.3 is 0 Å². The van der Waals surface area contributed by atoms with E-state index < -0.39 is 0 Å². The summed E-state index contributed by atoms with van der Waals surface area (Å²) in [7, 11) is 5.24. The average molecular weight is 363 g/mol. The molecule has 2 rings (SSSR count). The van der Waals surface area contributed by atoms with E-state index >= 15 is 0 Å². The van der Waals surface area contributed by atoms with Crippen LogP contribution in [0.2, 0.25) is 0 Å². The lowest BCUT2D eigenvalue weighted by molar-refractivity contribution is 0.0268. The summed E-state index contributed by atoms with van der Waals surface area (Å²) < 4.78 is 10.9. The summed E-state index contributed by atoms with van der Waals surface area (Å²) in [5.74, 6) is 1.69. The van der Waals surface area contributed by atoms with E-state index in [4.69, 9.17) is 9.47 Å². The van der Waals surface area contributed by atoms with Crippen LogP contribution in [0, 0.1) is 0 Å². The van der Waals surface area contributed by atoms with E-state index in [2.05, 4.69) is 52.6 Å². The Morgan fingerprint density at radius 2 is 1.96 bits per heavy atom. The van der Waals surface area contributed by atoms with Gasteiger partial charge in [-0.05, 0) is 57.5 Å². The predicted molar refractivity (Wildman–Crippen MR) is 107 cm³/mol. The van der Waals surface area contributed by atoms with Gasteiger partial charge < -0.3 is 20.1 Å². The van der Waals surface area contributed by atoms with Gasteiger partial charge in [0, 0.05) is 27.2 Å². The van der Waals surface area contributed by atoms with E-state index in [9.17, 15) is 0 Å². The molecule has 1 aromatic carbocycles. The quantitative estimate of drug-likeness (QED) is 0.549.